The monoisotopic (exact) mass is 389 g/mol. The van der Waals surface area contributed by atoms with Crippen molar-refractivity contribution in [1.29, 1.82) is 0 Å². The Bertz CT molecular complexity index is 997. The molecule has 0 amide bonds. The van der Waals surface area contributed by atoms with E-state index in [-0.39, 0.29) is 5.41 Å². The fourth-order valence-corrected chi connectivity index (χ4v) is 4.77. The maximum atomic E-state index is 4.57. The second-order valence-electron chi connectivity index (χ2n) is 9.11. The Kier molecular flexibility index (Phi) is 4.70. The summed E-state index contributed by atoms with van der Waals surface area (Å²) < 4.78 is 0. The highest BCUT2D eigenvalue weighted by Gasteiger charge is 2.27. The predicted octanol–water partition coefficient (Wildman–Crippen LogP) is 4.02. The molecule has 0 saturated carbocycles. The van der Waals surface area contributed by atoms with E-state index in [1.54, 1.807) is 0 Å². The number of rotatable bonds is 4. The van der Waals surface area contributed by atoms with E-state index < -0.39 is 0 Å². The van der Waals surface area contributed by atoms with Gasteiger partial charge in [-0.2, -0.15) is 5.10 Å². The maximum absolute atomic E-state index is 4.57. The van der Waals surface area contributed by atoms with Crippen LogP contribution in [0.25, 0.3) is 10.9 Å². The molecule has 0 radical (unpaired) electrons. The molecule has 1 saturated heterocycles. The first-order chi connectivity index (χ1) is 14.1. The highest BCUT2D eigenvalue weighted by Crippen LogP contribution is 2.37. The van der Waals surface area contributed by atoms with Crippen LogP contribution < -0.4 is 10.2 Å². The summed E-state index contributed by atoms with van der Waals surface area (Å²) in [4.78, 5) is 5.01. The van der Waals surface area contributed by atoms with Crippen LogP contribution >= 0.6 is 0 Å². The molecule has 0 atom stereocenters. The predicted molar refractivity (Wildman–Crippen MR) is 121 cm³/mol. The Hall–Kier alpha value is -2.53. The molecule has 2 aliphatic heterocycles. The fraction of sp³-hybridized carbons (Fsp3) is 0.458. The van der Waals surface area contributed by atoms with Gasteiger partial charge in [0.05, 0.1) is 5.52 Å². The van der Waals surface area contributed by atoms with E-state index in [1.165, 1.54) is 28.6 Å². The standard InChI is InChI=1S/C24H31N5/c1-24(2)10-11-25-22-8-7-18(17-20(22)24)9-12-28-13-15-29(16-14-28)23-19-5-3-4-6-21(19)26-27-23/h3-8,17,25H,9-16H2,1-2H3,(H,26,27). The first-order valence-electron chi connectivity index (χ1n) is 10.9. The Morgan fingerprint density at radius 3 is 2.72 bits per heavy atom. The summed E-state index contributed by atoms with van der Waals surface area (Å²) in [5.41, 5.74) is 5.66. The topological polar surface area (TPSA) is 47.2 Å². The van der Waals surface area contributed by atoms with Crippen LogP contribution in [0.4, 0.5) is 11.5 Å². The van der Waals surface area contributed by atoms with Gasteiger partial charge in [0, 0.05) is 50.3 Å². The third-order valence-electron chi connectivity index (χ3n) is 6.72. The van der Waals surface area contributed by atoms with Crippen LogP contribution in [0.5, 0.6) is 0 Å². The van der Waals surface area contributed by atoms with Gasteiger partial charge in [0.1, 0.15) is 0 Å². The average Bonchev–Trinajstić information content (AvgIpc) is 3.17. The molecule has 3 heterocycles. The van der Waals surface area contributed by atoms with Gasteiger partial charge in [-0.15, -0.1) is 0 Å². The second kappa shape index (κ2) is 7.38. The molecule has 1 aromatic heterocycles. The van der Waals surface area contributed by atoms with Gasteiger partial charge >= 0.3 is 0 Å². The van der Waals surface area contributed by atoms with Crippen molar-refractivity contribution in [1.82, 2.24) is 15.1 Å². The summed E-state index contributed by atoms with van der Waals surface area (Å²) in [6, 6.07) is 15.4. The fourth-order valence-electron chi connectivity index (χ4n) is 4.77. The number of para-hydroxylation sites is 1. The first-order valence-corrected chi connectivity index (χ1v) is 10.9. The molecule has 2 aliphatic rings. The molecule has 5 rings (SSSR count). The minimum Gasteiger partial charge on any atom is -0.385 e. The maximum Gasteiger partial charge on any atom is 0.158 e. The van der Waals surface area contributed by atoms with Gasteiger partial charge in [-0.1, -0.05) is 38.1 Å². The Morgan fingerprint density at radius 1 is 1.03 bits per heavy atom. The van der Waals surface area contributed by atoms with Crippen LogP contribution in [0.2, 0.25) is 0 Å². The van der Waals surface area contributed by atoms with E-state index in [2.05, 4.69) is 81.6 Å². The lowest BCUT2D eigenvalue weighted by molar-refractivity contribution is 0.260. The molecule has 2 aromatic carbocycles. The van der Waals surface area contributed by atoms with Crippen molar-refractivity contribution in [2.75, 3.05) is 49.5 Å². The summed E-state index contributed by atoms with van der Waals surface area (Å²) in [6.07, 6.45) is 2.32. The number of fused-ring (bicyclic) bond motifs is 2. The number of piperazine rings is 1. The molecule has 5 nitrogen and oxygen atoms in total. The van der Waals surface area contributed by atoms with Crippen molar-refractivity contribution < 1.29 is 0 Å². The van der Waals surface area contributed by atoms with E-state index in [0.29, 0.717) is 0 Å². The number of anilines is 2. The molecular formula is C24H31N5. The second-order valence-corrected chi connectivity index (χ2v) is 9.11. The Labute approximate surface area is 173 Å². The summed E-state index contributed by atoms with van der Waals surface area (Å²) in [5, 5.41) is 12.5. The van der Waals surface area contributed by atoms with Gasteiger partial charge in [0.25, 0.3) is 0 Å². The van der Waals surface area contributed by atoms with Crippen molar-refractivity contribution in [3.63, 3.8) is 0 Å². The van der Waals surface area contributed by atoms with Crippen molar-refractivity contribution >= 4 is 22.4 Å². The van der Waals surface area contributed by atoms with Gasteiger partial charge in [-0.3, -0.25) is 10.00 Å². The third kappa shape index (κ3) is 3.60. The SMILES string of the molecule is CC1(C)CCNc2ccc(CCN3CCN(c4n[nH]c5ccccc45)CC3)cc21. The molecule has 0 aliphatic carbocycles. The number of nitrogens with zero attached hydrogens (tertiary/aromatic N) is 3. The van der Waals surface area contributed by atoms with E-state index in [9.17, 15) is 0 Å². The highest BCUT2D eigenvalue weighted by atomic mass is 15.3. The minimum atomic E-state index is 0.272. The Morgan fingerprint density at radius 2 is 1.86 bits per heavy atom. The van der Waals surface area contributed by atoms with Crippen molar-refractivity contribution in [3.8, 4) is 0 Å². The van der Waals surface area contributed by atoms with Crippen molar-refractivity contribution in [2.24, 2.45) is 0 Å². The van der Waals surface area contributed by atoms with Crippen molar-refractivity contribution in [2.45, 2.75) is 32.1 Å². The van der Waals surface area contributed by atoms with Crippen LogP contribution in [0.3, 0.4) is 0 Å². The van der Waals surface area contributed by atoms with E-state index in [4.69, 9.17) is 0 Å². The van der Waals surface area contributed by atoms with Crippen molar-refractivity contribution in [3.05, 3.63) is 53.6 Å². The molecule has 0 bridgehead atoms. The number of H-pyrrole nitrogens is 1. The van der Waals surface area contributed by atoms with Crippen LogP contribution in [0.15, 0.2) is 42.5 Å². The van der Waals surface area contributed by atoms with Gasteiger partial charge in [-0.25, -0.2) is 0 Å². The third-order valence-corrected chi connectivity index (χ3v) is 6.72. The zero-order valence-electron chi connectivity index (χ0n) is 17.5. The lowest BCUT2D eigenvalue weighted by atomic mass is 9.77. The minimum absolute atomic E-state index is 0.272. The van der Waals surface area contributed by atoms with Crippen LogP contribution in [-0.4, -0.2) is 54.4 Å². The lowest BCUT2D eigenvalue weighted by Crippen LogP contribution is -2.47. The molecule has 152 valence electrons. The summed E-state index contributed by atoms with van der Waals surface area (Å²) in [7, 11) is 0. The molecule has 1 fully saturated rings. The zero-order chi connectivity index (χ0) is 19.8. The molecule has 29 heavy (non-hydrogen) atoms. The van der Waals surface area contributed by atoms with E-state index >= 15 is 0 Å². The van der Waals surface area contributed by atoms with Crippen LogP contribution in [0.1, 0.15) is 31.4 Å². The normalized spacial score (nSPS) is 19.2. The van der Waals surface area contributed by atoms with Gasteiger partial charge in [-0.05, 0) is 47.6 Å². The average molecular weight is 390 g/mol. The summed E-state index contributed by atoms with van der Waals surface area (Å²) in [6.45, 7) is 11.2. The largest absolute Gasteiger partial charge is 0.385 e. The molecule has 5 heteroatoms. The Balaban J connectivity index is 1.20. The molecule has 3 aromatic rings. The number of hydrogen-bond donors (Lipinski definition) is 2. The number of aromatic nitrogens is 2. The first kappa shape index (κ1) is 18.5. The van der Waals surface area contributed by atoms with E-state index in [0.717, 1.165) is 57.0 Å². The van der Waals surface area contributed by atoms with Crippen LogP contribution in [0, 0.1) is 0 Å². The van der Waals surface area contributed by atoms with Gasteiger partial charge < -0.3 is 10.2 Å². The van der Waals surface area contributed by atoms with E-state index in [1.807, 2.05) is 0 Å². The van der Waals surface area contributed by atoms with Gasteiger partial charge in [0.15, 0.2) is 5.82 Å². The van der Waals surface area contributed by atoms with Crippen LogP contribution in [-0.2, 0) is 11.8 Å². The molecule has 0 unspecified atom stereocenters. The lowest BCUT2D eigenvalue weighted by Gasteiger charge is -2.35. The number of aromatic amines is 1. The highest BCUT2D eigenvalue weighted by molar-refractivity contribution is 5.90. The zero-order valence-corrected chi connectivity index (χ0v) is 17.5. The van der Waals surface area contributed by atoms with Gasteiger partial charge in [0.2, 0.25) is 0 Å². The summed E-state index contributed by atoms with van der Waals surface area (Å²) in [5.74, 6) is 1.10. The smallest absolute Gasteiger partial charge is 0.158 e. The summed E-state index contributed by atoms with van der Waals surface area (Å²) >= 11 is 0. The quantitative estimate of drug-likeness (QED) is 0.708. The number of benzene rings is 2. The number of nitrogens with one attached hydrogen (secondary N) is 2. The molecule has 2 N–H and O–H groups in total. The number of hydrogen-bond acceptors (Lipinski definition) is 4. The molecule has 0 spiro atoms. The molecular weight excluding hydrogens is 358 g/mol.